The summed E-state index contributed by atoms with van der Waals surface area (Å²) in [7, 11) is 0. The first kappa shape index (κ1) is 13.8. The Morgan fingerprint density at radius 1 is 1.24 bits per heavy atom. The summed E-state index contributed by atoms with van der Waals surface area (Å²) in [4.78, 5) is 0. The molecule has 0 fully saturated rings. The van der Waals surface area contributed by atoms with Crippen molar-refractivity contribution in [1.82, 2.24) is 0 Å². The maximum Gasteiger partial charge on any atom is 0.0343 e. The Bertz CT molecular complexity index is 366. The molecule has 0 unspecified atom stereocenters. The number of unbranched alkanes of at least 4 members (excludes halogenated alkanes) is 3. The van der Waals surface area contributed by atoms with Crippen LogP contribution in [0.4, 0.5) is 5.69 Å². The molecule has 1 rings (SSSR count). The molecule has 1 N–H and O–H groups in total. The molecule has 0 aliphatic carbocycles. The van der Waals surface area contributed by atoms with Gasteiger partial charge in [-0.15, -0.1) is 0 Å². The van der Waals surface area contributed by atoms with Gasteiger partial charge in [-0.25, -0.2) is 0 Å². The third-order valence-corrected chi connectivity index (χ3v) is 3.05. The van der Waals surface area contributed by atoms with Crippen LogP contribution in [0.25, 0.3) is 5.57 Å². The second-order valence-corrected chi connectivity index (χ2v) is 4.80. The summed E-state index contributed by atoms with van der Waals surface area (Å²) in [5, 5.41) is 3.48. The van der Waals surface area contributed by atoms with Crippen LogP contribution in [0.1, 0.15) is 50.7 Å². The van der Waals surface area contributed by atoms with Crippen molar-refractivity contribution in [2.24, 2.45) is 0 Å². The molecule has 0 saturated heterocycles. The second-order valence-electron chi connectivity index (χ2n) is 4.80. The molecule has 0 heterocycles. The summed E-state index contributed by atoms with van der Waals surface area (Å²) in [6.45, 7) is 11.5. The lowest BCUT2D eigenvalue weighted by molar-refractivity contribution is 0.685. The highest BCUT2D eigenvalue weighted by atomic mass is 14.9. The van der Waals surface area contributed by atoms with Crippen molar-refractivity contribution in [3.8, 4) is 0 Å². The number of benzene rings is 1. The van der Waals surface area contributed by atoms with Gasteiger partial charge in [0.2, 0.25) is 0 Å². The van der Waals surface area contributed by atoms with Crippen LogP contribution >= 0.6 is 0 Å². The highest BCUT2D eigenvalue weighted by Gasteiger charge is 2.00. The molecular weight excluding hydrogens is 206 g/mol. The van der Waals surface area contributed by atoms with Gasteiger partial charge in [0.1, 0.15) is 0 Å². The Balaban J connectivity index is 2.45. The van der Waals surface area contributed by atoms with Crippen molar-refractivity contribution < 1.29 is 0 Å². The molecule has 1 nitrogen and oxygen atoms in total. The molecule has 17 heavy (non-hydrogen) atoms. The minimum Gasteiger partial charge on any atom is -0.385 e. The fraction of sp³-hybridized carbons (Fsp3) is 0.500. The molecule has 0 saturated carbocycles. The number of hydrogen-bond donors (Lipinski definition) is 1. The van der Waals surface area contributed by atoms with Gasteiger partial charge in [-0.1, -0.05) is 44.4 Å². The maximum absolute atomic E-state index is 3.99. The predicted molar refractivity (Wildman–Crippen MR) is 78.5 cm³/mol. The van der Waals surface area contributed by atoms with Crippen LogP contribution in [0, 0.1) is 6.92 Å². The molecule has 0 atom stereocenters. The first-order chi connectivity index (χ1) is 8.15. The van der Waals surface area contributed by atoms with E-state index in [-0.39, 0.29) is 0 Å². The number of anilines is 1. The lowest BCUT2D eigenvalue weighted by Crippen LogP contribution is -2.02. The van der Waals surface area contributed by atoms with Gasteiger partial charge < -0.3 is 5.32 Å². The van der Waals surface area contributed by atoms with E-state index in [1.165, 1.54) is 42.5 Å². The minimum absolute atomic E-state index is 1.08. The van der Waals surface area contributed by atoms with E-state index in [2.05, 4.69) is 50.9 Å². The summed E-state index contributed by atoms with van der Waals surface area (Å²) >= 11 is 0. The zero-order chi connectivity index (χ0) is 12.7. The van der Waals surface area contributed by atoms with E-state index in [4.69, 9.17) is 0 Å². The van der Waals surface area contributed by atoms with Crippen molar-refractivity contribution in [3.05, 3.63) is 35.9 Å². The van der Waals surface area contributed by atoms with Crippen molar-refractivity contribution >= 4 is 11.3 Å². The van der Waals surface area contributed by atoms with E-state index in [0.717, 1.165) is 12.1 Å². The monoisotopic (exact) mass is 231 g/mol. The average Bonchev–Trinajstić information content (AvgIpc) is 2.28. The quantitative estimate of drug-likeness (QED) is 0.650. The van der Waals surface area contributed by atoms with Gasteiger partial charge >= 0.3 is 0 Å². The minimum atomic E-state index is 1.08. The SMILES string of the molecule is C=C(C)c1ccc(NCCCCCC)cc1C. The summed E-state index contributed by atoms with van der Waals surface area (Å²) in [5.74, 6) is 0. The molecule has 94 valence electrons. The van der Waals surface area contributed by atoms with Crippen LogP contribution < -0.4 is 5.32 Å². The molecule has 0 aliphatic heterocycles. The van der Waals surface area contributed by atoms with E-state index in [9.17, 15) is 0 Å². The van der Waals surface area contributed by atoms with Crippen LogP contribution in [0.2, 0.25) is 0 Å². The van der Waals surface area contributed by atoms with Gasteiger partial charge in [0.15, 0.2) is 0 Å². The molecule has 1 aromatic rings. The van der Waals surface area contributed by atoms with Crippen molar-refractivity contribution in [2.75, 3.05) is 11.9 Å². The van der Waals surface area contributed by atoms with Gasteiger partial charge in [0, 0.05) is 12.2 Å². The zero-order valence-electron chi connectivity index (χ0n) is 11.5. The number of rotatable bonds is 7. The molecule has 0 bridgehead atoms. The fourth-order valence-corrected chi connectivity index (χ4v) is 2.04. The van der Waals surface area contributed by atoms with E-state index in [1.807, 2.05) is 0 Å². The Hall–Kier alpha value is -1.24. The van der Waals surface area contributed by atoms with E-state index < -0.39 is 0 Å². The number of allylic oxidation sites excluding steroid dienone is 1. The highest BCUT2D eigenvalue weighted by molar-refractivity contribution is 5.67. The highest BCUT2D eigenvalue weighted by Crippen LogP contribution is 2.20. The predicted octanol–water partition coefficient (Wildman–Crippen LogP) is 5.02. The van der Waals surface area contributed by atoms with Crippen molar-refractivity contribution in [2.45, 2.75) is 46.5 Å². The van der Waals surface area contributed by atoms with Crippen molar-refractivity contribution in [3.63, 3.8) is 0 Å². The molecule has 0 radical (unpaired) electrons. The Labute approximate surface area is 106 Å². The topological polar surface area (TPSA) is 12.0 Å². The fourth-order valence-electron chi connectivity index (χ4n) is 2.04. The molecular formula is C16H25N. The molecule has 0 aliphatic rings. The standard InChI is InChI=1S/C16H25N/c1-5-6-7-8-11-17-15-9-10-16(13(2)3)14(4)12-15/h9-10,12,17H,2,5-8,11H2,1,3-4H3. The summed E-state index contributed by atoms with van der Waals surface area (Å²) in [5.41, 5.74) is 4.93. The van der Waals surface area contributed by atoms with Crippen LogP contribution in [-0.4, -0.2) is 6.54 Å². The lowest BCUT2D eigenvalue weighted by Gasteiger charge is -2.10. The normalized spacial score (nSPS) is 10.3. The van der Waals surface area contributed by atoms with Gasteiger partial charge in [-0.3, -0.25) is 0 Å². The zero-order valence-corrected chi connectivity index (χ0v) is 11.5. The van der Waals surface area contributed by atoms with Gasteiger partial charge in [0.05, 0.1) is 0 Å². The Morgan fingerprint density at radius 3 is 2.59 bits per heavy atom. The molecule has 0 aromatic heterocycles. The molecule has 0 amide bonds. The third kappa shape index (κ3) is 4.64. The largest absolute Gasteiger partial charge is 0.385 e. The first-order valence-electron chi connectivity index (χ1n) is 6.65. The van der Waals surface area contributed by atoms with E-state index in [0.29, 0.717) is 0 Å². The summed E-state index contributed by atoms with van der Waals surface area (Å²) in [6.07, 6.45) is 5.23. The van der Waals surface area contributed by atoms with Crippen LogP contribution in [0.3, 0.4) is 0 Å². The lowest BCUT2D eigenvalue weighted by atomic mass is 10.0. The molecule has 0 spiro atoms. The van der Waals surface area contributed by atoms with E-state index >= 15 is 0 Å². The first-order valence-corrected chi connectivity index (χ1v) is 6.65. The summed E-state index contributed by atoms with van der Waals surface area (Å²) < 4.78 is 0. The Morgan fingerprint density at radius 2 is 2.00 bits per heavy atom. The smallest absolute Gasteiger partial charge is 0.0343 e. The third-order valence-electron chi connectivity index (χ3n) is 3.05. The van der Waals surface area contributed by atoms with Crippen molar-refractivity contribution in [1.29, 1.82) is 0 Å². The molecule has 1 aromatic carbocycles. The van der Waals surface area contributed by atoms with Crippen LogP contribution in [0.5, 0.6) is 0 Å². The maximum atomic E-state index is 3.99. The second kappa shape index (κ2) is 7.16. The van der Waals surface area contributed by atoms with Crippen LogP contribution in [-0.2, 0) is 0 Å². The Kier molecular flexibility index (Phi) is 5.82. The number of nitrogens with one attached hydrogen (secondary N) is 1. The van der Waals surface area contributed by atoms with Gasteiger partial charge in [-0.2, -0.15) is 0 Å². The summed E-state index contributed by atoms with van der Waals surface area (Å²) in [6, 6.07) is 6.52. The molecule has 1 heteroatoms. The van der Waals surface area contributed by atoms with Gasteiger partial charge in [-0.05, 0) is 43.5 Å². The number of aryl methyl sites for hydroxylation is 1. The van der Waals surface area contributed by atoms with E-state index in [1.54, 1.807) is 0 Å². The van der Waals surface area contributed by atoms with Crippen LogP contribution in [0.15, 0.2) is 24.8 Å². The number of hydrogen-bond acceptors (Lipinski definition) is 1. The van der Waals surface area contributed by atoms with Gasteiger partial charge in [0.25, 0.3) is 0 Å². The average molecular weight is 231 g/mol.